The molecular formula is C27H15ClF3NO5. The maximum Gasteiger partial charge on any atom is 0.416 e. The number of imide groups is 1. The van der Waals surface area contributed by atoms with Gasteiger partial charge in [0.1, 0.15) is 0 Å². The first-order valence-electron chi connectivity index (χ1n) is 11.2. The van der Waals surface area contributed by atoms with Crippen molar-refractivity contribution < 1.29 is 37.1 Å². The van der Waals surface area contributed by atoms with Gasteiger partial charge in [-0.05, 0) is 24.3 Å². The largest absolute Gasteiger partial charge is 0.416 e. The molecule has 0 bridgehead atoms. The minimum absolute atomic E-state index is 0.0452. The first kappa shape index (κ1) is 23.6. The van der Waals surface area contributed by atoms with E-state index in [0.717, 1.165) is 12.1 Å². The van der Waals surface area contributed by atoms with E-state index in [4.69, 9.17) is 16.3 Å². The van der Waals surface area contributed by atoms with Gasteiger partial charge in [-0.1, -0.05) is 60.1 Å². The molecule has 2 fully saturated rings. The Labute approximate surface area is 212 Å². The van der Waals surface area contributed by atoms with Crippen LogP contribution in [-0.4, -0.2) is 29.0 Å². The molecule has 3 aromatic carbocycles. The number of benzene rings is 3. The van der Waals surface area contributed by atoms with Crippen molar-refractivity contribution in [2.75, 3.05) is 4.90 Å². The number of hydrogen-bond acceptors (Lipinski definition) is 5. The van der Waals surface area contributed by atoms with Crippen LogP contribution in [0.4, 0.5) is 18.9 Å². The van der Waals surface area contributed by atoms with Crippen LogP contribution in [0.25, 0.3) is 0 Å². The van der Waals surface area contributed by atoms with E-state index in [1.54, 1.807) is 30.3 Å². The Kier molecular flexibility index (Phi) is 4.99. The van der Waals surface area contributed by atoms with Gasteiger partial charge in [0.2, 0.25) is 29.0 Å². The zero-order valence-corrected chi connectivity index (χ0v) is 19.4. The number of carbonyl (C=O) groups excluding carboxylic acids is 4. The molecule has 0 aromatic heterocycles. The van der Waals surface area contributed by atoms with E-state index in [0.29, 0.717) is 11.0 Å². The Balaban J connectivity index is 1.54. The second-order valence-corrected chi connectivity index (χ2v) is 9.47. The van der Waals surface area contributed by atoms with Gasteiger partial charge in [-0.15, -0.1) is 0 Å². The number of fused-ring (bicyclic) bond motifs is 3. The highest BCUT2D eigenvalue weighted by atomic mass is 35.5. The Morgan fingerprint density at radius 3 is 2.05 bits per heavy atom. The van der Waals surface area contributed by atoms with Gasteiger partial charge in [-0.25, -0.2) is 4.90 Å². The molecule has 6 nitrogen and oxygen atoms in total. The fraction of sp³-hybridized carbons (Fsp3) is 0.185. The number of nitrogens with zero attached hydrogens (tertiary/aromatic N) is 1. The molecule has 37 heavy (non-hydrogen) atoms. The van der Waals surface area contributed by atoms with Crippen LogP contribution in [0.5, 0.6) is 0 Å². The predicted molar refractivity (Wildman–Crippen MR) is 124 cm³/mol. The Bertz CT molecular complexity index is 1500. The predicted octanol–water partition coefficient (Wildman–Crippen LogP) is 5.05. The van der Waals surface area contributed by atoms with Crippen molar-refractivity contribution in [3.63, 3.8) is 0 Å². The maximum absolute atomic E-state index is 13.8. The summed E-state index contributed by atoms with van der Waals surface area (Å²) in [6.45, 7) is 0. The van der Waals surface area contributed by atoms with Crippen molar-refractivity contribution in [3.05, 3.63) is 100 Å². The second kappa shape index (κ2) is 7.84. The third kappa shape index (κ3) is 3.10. The Morgan fingerprint density at radius 1 is 0.811 bits per heavy atom. The maximum atomic E-state index is 13.8. The van der Waals surface area contributed by atoms with Crippen molar-refractivity contribution in [2.24, 2.45) is 11.8 Å². The molecule has 2 aliphatic heterocycles. The number of ketones is 2. The smallest absolute Gasteiger partial charge is 0.349 e. The van der Waals surface area contributed by atoms with Crippen molar-refractivity contribution in [3.8, 4) is 0 Å². The minimum Gasteiger partial charge on any atom is -0.349 e. The van der Waals surface area contributed by atoms with E-state index in [2.05, 4.69) is 0 Å². The van der Waals surface area contributed by atoms with Gasteiger partial charge in [0.05, 0.1) is 29.2 Å². The molecule has 0 N–H and O–H groups in total. The molecule has 2 amide bonds. The molecule has 10 heteroatoms. The van der Waals surface area contributed by atoms with Crippen LogP contribution >= 0.6 is 11.6 Å². The lowest BCUT2D eigenvalue weighted by Gasteiger charge is -2.27. The van der Waals surface area contributed by atoms with E-state index < -0.39 is 58.7 Å². The lowest BCUT2D eigenvalue weighted by molar-refractivity contribution is -0.137. The second-order valence-electron chi connectivity index (χ2n) is 9.06. The fourth-order valence-corrected chi connectivity index (χ4v) is 5.82. The van der Waals surface area contributed by atoms with Gasteiger partial charge in [-0.2, -0.15) is 13.2 Å². The van der Waals surface area contributed by atoms with Gasteiger partial charge in [0.15, 0.2) is 0 Å². The molecule has 1 aliphatic carbocycles. The number of carbonyl (C=O) groups is 4. The molecule has 3 aliphatic rings. The van der Waals surface area contributed by atoms with E-state index in [9.17, 15) is 32.3 Å². The number of halogens is 4. The highest BCUT2D eigenvalue weighted by molar-refractivity contribution is 6.37. The van der Waals surface area contributed by atoms with Gasteiger partial charge < -0.3 is 4.74 Å². The van der Waals surface area contributed by atoms with Crippen molar-refractivity contribution in [1.29, 1.82) is 0 Å². The summed E-state index contributed by atoms with van der Waals surface area (Å²) in [5.41, 5.74) is -3.35. The molecule has 186 valence electrons. The van der Waals surface area contributed by atoms with Crippen LogP contribution in [0, 0.1) is 11.8 Å². The zero-order chi connectivity index (χ0) is 26.3. The standard InChI is InChI=1S/C27H15ClF3NO5/c28-18-11-4-3-10-17(18)21-19-20(26(37-21)22(33)15-8-1-2-9-16(15)23(26)34)25(36)32(24(19)35)14-7-5-6-13(12-14)27(29,30)31/h1-12,19-21H/t19-,20-,21+/m1/s1. The summed E-state index contributed by atoms with van der Waals surface area (Å²) >= 11 is 6.38. The number of ether oxygens (including phenoxy) is 1. The molecular weight excluding hydrogens is 511 g/mol. The van der Waals surface area contributed by atoms with Gasteiger partial charge in [0, 0.05) is 21.7 Å². The van der Waals surface area contributed by atoms with Crippen LogP contribution in [0.1, 0.15) is 37.9 Å². The molecule has 2 heterocycles. The molecule has 3 aromatic rings. The fourth-order valence-electron chi connectivity index (χ4n) is 5.58. The lowest BCUT2D eigenvalue weighted by atomic mass is 9.77. The van der Waals surface area contributed by atoms with E-state index in [1.807, 2.05) is 0 Å². The summed E-state index contributed by atoms with van der Waals surface area (Å²) in [5, 5.41) is 0.177. The Hall–Kier alpha value is -3.82. The van der Waals surface area contributed by atoms with Crippen molar-refractivity contribution >= 4 is 40.7 Å². The highest BCUT2D eigenvalue weighted by Gasteiger charge is 2.75. The van der Waals surface area contributed by atoms with E-state index >= 15 is 0 Å². The molecule has 1 spiro atoms. The number of anilines is 1. The highest BCUT2D eigenvalue weighted by Crippen LogP contribution is 2.58. The number of rotatable bonds is 2. The summed E-state index contributed by atoms with van der Waals surface area (Å²) in [6.07, 6.45) is -5.99. The lowest BCUT2D eigenvalue weighted by Crippen LogP contribution is -2.51. The van der Waals surface area contributed by atoms with Crippen LogP contribution in [0.2, 0.25) is 5.02 Å². The van der Waals surface area contributed by atoms with Gasteiger partial charge in [0.25, 0.3) is 0 Å². The van der Waals surface area contributed by atoms with E-state index in [1.165, 1.54) is 24.3 Å². The third-order valence-corrected chi connectivity index (χ3v) is 7.51. The normalized spacial score (nSPS) is 24.2. The van der Waals surface area contributed by atoms with E-state index in [-0.39, 0.29) is 27.4 Å². The summed E-state index contributed by atoms with van der Waals surface area (Å²) in [4.78, 5) is 55.6. The first-order chi connectivity index (χ1) is 17.6. The average molecular weight is 526 g/mol. The van der Waals surface area contributed by atoms with Crippen LogP contribution in [-0.2, 0) is 20.5 Å². The summed E-state index contributed by atoms with van der Waals surface area (Å²) < 4.78 is 46.3. The van der Waals surface area contributed by atoms with Crippen LogP contribution in [0.3, 0.4) is 0 Å². The zero-order valence-electron chi connectivity index (χ0n) is 18.7. The molecule has 0 unspecified atom stereocenters. The topological polar surface area (TPSA) is 80.8 Å². The van der Waals surface area contributed by atoms with Crippen LogP contribution < -0.4 is 4.90 Å². The Morgan fingerprint density at radius 2 is 1.43 bits per heavy atom. The summed E-state index contributed by atoms with van der Waals surface area (Å²) in [7, 11) is 0. The first-order valence-corrected chi connectivity index (χ1v) is 11.6. The summed E-state index contributed by atoms with van der Waals surface area (Å²) in [5.74, 6) is -6.38. The SMILES string of the molecule is O=C1[C@H]2[C@H](c3ccccc3Cl)OC3(C(=O)c4ccccc4C3=O)[C@H]2C(=O)N1c1cccc(C(F)(F)F)c1. The van der Waals surface area contributed by atoms with Gasteiger partial charge >= 0.3 is 6.18 Å². The number of Topliss-reactive ketones (excluding diaryl/α,β-unsaturated/α-hetero) is 2. The average Bonchev–Trinajstić information content (AvgIpc) is 3.44. The quantitative estimate of drug-likeness (QED) is 0.345. The number of alkyl halides is 3. The molecule has 0 radical (unpaired) electrons. The molecule has 6 rings (SSSR count). The third-order valence-electron chi connectivity index (χ3n) is 7.16. The monoisotopic (exact) mass is 525 g/mol. The summed E-state index contributed by atoms with van der Waals surface area (Å²) in [6, 6.07) is 16.0. The number of hydrogen-bond donors (Lipinski definition) is 0. The number of amides is 2. The molecule has 2 saturated heterocycles. The van der Waals surface area contributed by atoms with Crippen LogP contribution in [0.15, 0.2) is 72.8 Å². The van der Waals surface area contributed by atoms with Crippen molar-refractivity contribution in [1.82, 2.24) is 0 Å². The van der Waals surface area contributed by atoms with Gasteiger partial charge in [-0.3, -0.25) is 19.2 Å². The molecule has 0 saturated carbocycles. The van der Waals surface area contributed by atoms with Crippen molar-refractivity contribution in [2.45, 2.75) is 17.9 Å². The molecule has 3 atom stereocenters. The minimum atomic E-state index is -4.72.